The van der Waals surface area contributed by atoms with Gasteiger partial charge in [0, 0.05) is 10.6 Å². The first kappa shape index (κ1) is 16.9. The Bertz CT molecular complexity index is 732. The molecular weight excluding hydrogens is 338 g/mol. The first-order valence-corrected chi connectivity index (χ1v) is 7.71. The summed E-state index contributed by atoms with van der Waals surface area (Å²) in [5.41, 5.74) is 8.49. The van der Waals surface area contributed by atoms with Crippen molar-refractivity contribution in [3.63, 3.8) is 0 Å². The average molecular weight is 352 g/mol. The third kappa shape index (κ3) is 5.35. The van der Waals surface area contributed by atoms with E-state index in [9.17, 15) is 4.79 Å². The van der Waals surface area contributed by atoms with Crippen molar-refractivity contribution < 1.29 is 9.53 Å². The van der Waals surface area contributed by atoms with Crippen molar-refractivity contribution in [2.75, 3.05) is 12.3 Å². The number of hydrogen-bond acceptors (Lipinski definition) is 7. The SMILES string of the molecule is C=CCOc1ccc(Cl)cc1C=NNC(=O)Cc1nnc(N)s1. The minimum absolute atomic E-state index is 0.0571. The fraction of sp³-hybridized carbons (Fsp3) is 0.143. The number of nitrogens with zero attached hydrogens (tertiary/aromatic N) is 3. The van der Waals surface area contributed by atoms with E-state index in [1.54, 1.807) is 24.3 Å². The van der Waals surface area contributed by atoms with Gasteiger partial charge in [-0.25, -0.2) is 5.43 Å². The van der Waals surface area contributed by atoms with Gasteiger partial charge in [-0.15, -0.1) is 10.2 Å². The number of carbonyl (C=O) groups excluding carboxylic acids is 1. The van der Waals surface area contributed by atoms with Crippen LogP contribution in [0, 0.1) is 0 Å². The van der Waals surface area contributed by atoms with Crippen LogP contribution in [-0.2, 0) is 11.2 Å². The number of aromatic nitrogens is 2. The largest absolute Gasteiger partial charge is 0.489 e. The topological polar surface area (TPSA) is 102 Å². The number of carbonyl (C=O) groups is 1. The molecule has 1 amide bonds. The molecule has 0 aliphatic carbocycles. The third-order valence-corrected chi connectivity index (χ3v) is 3.50. The van der Waals surface area contributed by atoms with E-state index in [-0.39, 0.29) is 12.3 Å². The predicted molar refractivity (Wildman–Crippen MR) is 90.9 cm³/mol. The summed E-state index contributed by atoms with van der Waals surface area (Å²) in [5.74, 6) is 0.261. The van der Waals surface area contributed by atoms with Gasteiger partial charge >= 0.3 is 0 Å². The highest BCUT2D eigenvalue weighted by molar-refractivity contribution is 7.15. The number of halogens is 1. The van der Waals surface area contributed by atoms with Crippen LogP contribution in [0.4, 0.5) is 5.13 Å². The van der Waals surface area contributed by atoms with Crippen molar-refractivity contribution in [2.45, 2.75) is 6.42 Å². The van der Waals surface area contributed by atoms with Crippen LogP contribution in [0.15, 0.2) is 36.0 Å². The second-order valence-electron chi connectivity index (χ2n) is 4.29. The van der Waals surface area contributed by atoms with Gasteiger partial charge in [-0.1, -0.05) is 35.6 Å². The molecule has 0 radical (unpaired) electrons. The lowest BCUT2D eigenvalue weighted by molar-refractivity contribution is -0.120. The molecule has 2 aromatic rings. The van der Waals surface area contributed by atoms with Crippen molar-refractivity contribution >= 4 is 40.2 Å². The Morgan fingerprint density at radius 1 is 1.52 bits per heavy atom. The van der Waals surface area contributed by atoms with E-state index in [4.69, 9.17) is 22.1 Å². The summed E-state index contributed by atoms with van der Waals surface area (Å²) in [5, 5.41) is 12.7. The van der Waals surface area contributed by atoms with Gasteiger partial charge in [0.05, 0.1) is 12.6 Å². The highest BCUT2D eigenvalue weighted by atomic mass is 35.5. The maximum atomic E-state index is 11.7. The number of rotatable bonds is 7. The molecule has 7 nitrogen and oxygen atoms in total. The summed E-state index contributed by atoms with van der Waals surface area (Å²) in [7, 11) is 0. The Morgan fingerprint density at radius 3 is 3.04 bits per heavy atom. The van der Waals surface area contributed by atoms with Gasteiger partial charge in [0.2, 0.25) is 11.0 Å². The summed E-state index contributed by atoms with van der Waals surface area (Å²) in [6, 6.07) is 5.11. The first-order valence-electron chi connectivity index (χ1n) is 6.51. The van der Waals surface area contributed by atoms with Crippen molar-refractivity contribution in [3.8, 4) is 5.75 Å². The van der Waals surface area contributed by atoms with Crippen LogP contribution in [0.5, 0.6) is 5.75 Å². The maximum absolute atomic E-state index is 11.7. The van der Waals surface area contributed by atoms with Crippen molar-refractivity contribution in [1.82, 2.24) is 15.6 Å². The molecule has 9 heteroatoms. The van der Waals surface area contributed by atoms with Crippen LogP contribution in [0.25, 0.3) is 0 Å². The van der Waals surface area contributed by atoms with Gasteiger partial charge < -0.3 is 10.5 Å². The molecule has 3 N–H and O–H groups in total. The summed E-state index contributed by atoms with van der Waals surface area (Å²) >= 11 is 7.11. The van der Waals surface area contributed by atoms with E-state index in [1.807, 2.05) is 0 Å². The Kier molecular flexibility index (Phi) is 6.07. The van der Waals surface area contributed by atoms with Crippen molar-refractivity contribution in [3.05, 3.63) is 46.4 Å². The van der Waals surface area contributed by atoms with Crippen molar-refractivity contribution in [2.24, 2.45) is 5.10 Å². The Balaban J connectivity index is 1.97. The molecule has 0 saturated carbocycles. The van der Waals surface area contributed by atoms with Crippen LogP contribution in [-0.4, -0.2) is 28.9 Å². The number of nitrogens with two attached hydrogens (primary N) is 1. The standard InChI is InChI=1S/C14H14ClN5O2S/c1-2-5-22-11-4-3-10(15)6-9(11)8-17-18-12(21)7-13-19-20-14(16)23-13/h2-4,6,8H,1,5,7H2,(H2,16,20)(H,18,21). The number of benzene rings is 1. The minimum Gasteiger partial charge on any atom is -0.489 e. The van der Waals surface area contributed by atoms with E-state index < -0.39 is 0 Å². The van der Waals surface area contributed by atoms with E-state index in [1.165, 1.54) is 6.21 Å². The monoisotopic (exact) mass is 351 g/mol. The van der Waals surface area contributed by atoms with E-state index >= 15 is 0 Å². The number of hydrazone groups is 1. The van der Waals surface area contributed by atoms with Gasteiger partial charge in [0.25, 0.3) is 0 Å². The van der Waals surface area contributed by atoms with E-state index in [0.29, 0.717) is 33.1 Å². The summed E-state index contributed by atoms with van der Waals surface area (Å²) in [6.07, 6.45) is 3.14. The molecule has 0 unspecified atom stereocenters. The normalized spacial score (nSPS) is 10.7. The zero-order valence-electron chi connectivity index (χ0n) is 12.0. The van der Waals surface area contributed by atoms with Crippen molar-refractivity contribution in [1.29, 1.82) is 0 Å². The average Bonchev–Trinajstić information content (AvgIpc) is 2.91. The zero-order valence-corrected chi connectivity index (χ0v) is 13.6. The molecule has 0 aliphatic heterocycles. The molecule has 1 heterocycles. The van der Waals surface area contributed by atoms with Gasteiger partial charge in [0.1, 0.15) is 17.4 Å². The molecule has 1 aromatic carbocycles. The lowest BCUT2D eigenvalue weighted by Crippen LogP contribution is -2.19. The lowest BCUT2D eigenvalue weighted by atomic mass is 10.2. The number of anilines is 1. The first-order chi connectivity index (χ1) is 11.1. The number of nitrogen functional groups attached to an aromatic ring is 1. The summed E-state index contributed by atoms with van der Waals surface area (Å²) in [4.78, 5) is 11.7. The third-order valence-electron chi connectivity index (χ3n) is 2.52. The molecule has 0 fully saturated rings. The van der Waals surface area contributed by atoms with Gasteiger partial charge in [0.15, 0.2) is 0 Å². The Hall–Kier alpha value is -2.45. The minimum atomic E-state index is -0.326. The predicted octanol–water partition coefficient (Wildman–Crippen LogP) is 2.03. The second kappa shape index (κ2) is 8.25. The number of ether oxygens (including phenoxy) is 1. The molecule has 2 rings (SSSR count). The van der Waals surface area contributed by atoms with Crippen LogP contribution < -0.4 is 15.9 Å². The molecule has 1 aromatic heterocycles. The van der Waals surface area contributed by atoms with Gasteiger partial charge in [-0.2, -0.15) is 5.10 Å². The fourth-order valence-electron chi connectivity index (χ4n) is 1.59. The Labute approximate surface area is 141 Å². The molecule has 0 bridgehead atoms. The molecule has 0 saturated heterocycles. The molecule has 120 valence electrons. The number of hydrogen-bond donors (Lipinski definition) is 2. The number of amides is 1. The smallest absolute Gasteiger partial charge is 0.247 e. The molecular formula is C14H14ClN5O2S. The highest BCUT2D eigenvalue weighted by Gasteiger charge is 2.07. The maximum Gasteiger partial charge on any atom is 0.247 e. The fourth-order valence-corrected chi connectivity index (χ4v) is 2.38. The highest BCUT2D eigenvalue weighted by Crippen LogP contribution is 2.21. The molecule has 23 heavy (non-hydrogen) atoms. The molecule has 0 spiro atoms. The van der Waals surface area contributed by atoms with E-state index in [0.717, 1.165) is 11.3 Å². The lowest BCUT2D eigenvalue weighted by Gasteiger charge is -2.07. The van der Waals surface area contributed by atoms with Crippen LogP contribution in [0.3, 0.4) is 0 Å². The number of nitrogens with one attached hydrogen (secondary N) is 1. The van der Waals surface area contributed by atoms with E-state index in [2.05, 4.69) is 27.3 Å². The van der Waals surface area contributed by atoms with Crippen LogP contribution in [0.2, 0.25) is 5.02 Å². The molecule has 0 aliphatic rings. The van der Waals surface area contributed by atoms with Gasteiger partial charge in [-0.3, -0.25) is 4.79 Å². The second-order valence-corrected chi connectivity index (χ2v) is 5.82. The Morgan fingerprint density at radius 2 is 2.35 bits per heavy atom. The van der Waals surface area contributed by atoms with Crippen LogP contribution >= 0.6 is 22.9 Å². The molecule has 0 atom stereocenters. The summed E-state index contributed by atoms with van der Waals surface area (Å²) in [6.45, 7) is 3.94. The van der Waals surface area contributed by atoms with Crippen LogP contribution in [0.1, 0.15) is 10.6 Å². The quantitative estimate of drug-likeness (QED) is 0.451. The zero-order chi connectivity index (χ0) is 16.7. The van der Waals surface area contributed by atoms with Gasteiger partial charge in [-0.05, 0) is 18.2 Å². The summed E-state index contributed by atoms with van der Waals surface area (Å²) < 4.78 is 5.49.